The number of rotatable bonds is 11. The van der Waals surface area contributed by atoms with Gasteiger partial charge in [-0.05, 0) is 33.6 Å². The Bertz CT molecular complexity index is 325. The number of esters is 1. The second-order valence-electron chi connectivity index (χ2n) is 5.34. The molecule has 0 saturated carbocycles. The third kappa shape index (κ3) is 25.7. The Balaban J connectivity index is 0. The molecule has 0 unspecified atom stereocenters. The predicted octanol–water partition coefficient (Wildman–Crippen LogP) is 3.32. The monoisotopic (exact) mass is 331 g/mol. The number of nitrogens with two attached hydrogens (primary N) is 1. The number of carbonyl (C=O) groups is 2. The first-order valence-electron chi connectivity index (χ1n) is 8.28. The van der Waals surface area contributed by atoms with Crippen LogP contribution < -0.4 is 5.73 Å². The molecule has 136 valence electrons. The first-order valence-corrected chi connectivity index (χ1v) is 8.28. The molecule has 6 nitrogen and oxygen atoms in total. The summed E-state index contributed by atoms with van der Waals surface area (Å²) >= 11 is 0. The molecule has 0 saturated heterocycles. The van der Waals surface area contributed by atoms with Crippen LogP contribution in [0.2, 0.25) is 0 Å². The highest BCUT2D eigenvalue weighted by Gasteiger charge is 1.97. The number of ether oxygens (including phenoxy) is 2. The van der Waals surface area contributed by atoms with Crippen molar-refractivity contribution in [1.29, 1.82) is 0 Å². The van der Waals surface area contributed by atoms with Crippen LogP contribution in [-0.4, -0.2) is 37.0 Å². The Kier molecular flexibility index (Phi) is 19.1. The van der Waals surface area contributed by atoms with E-state index >= 15 is 0 Å². The zero-order valence-electron chi connectivity index (χ0n) is 14.8. The van der Waals surface area contributed by atoms with E-state index in [4.69, 9.17) is 9.84 Å². The maximum atomic E-state index is 11.1. The molecule has 1 amide bonds. The molecule has 3 N–H and O–H groups in total. The first kappa shape index (κ1) is 23.7. The molecule has 23 heavy (non-hydrogen) atoms. The van der Waals surface area contributed by atoms with Crippen molar-refractivity contribution in [2.45, 2.75) is 65.7 Å². The average molecular weight is 331 g/mol. The molecule has 0 aromatic rings. The van der Waals surface area contributed by atoms with Crippen LogP contribution in [-0.2, 0) is 14.3 Å². The van der Waals surface area contributed by atoms with Crippen LogP contribution in [0.5, 0.6) is 0 Å². The number of allylic oxidation sites excluding steroid dienone is 1. The van der Waals surface area contributed by atoms with Crippen LogP contribution in [0.1, 0.15) is 65.7 Å². The number of aliphatic hydroxyl groups is 1. The third-order valence-corrected chi connectivity index (χ3v) is 2.74. The zero-order chi connectivity index (χ0) is 17.9. The van der Waals surface area contributed by atoms with Gasteiger partial charge < -0.3 is 20.3 Å². The quantitative estimate of drug-likeness (QED) is 0.344. The largest absolute Gasteiger partial charge is 0.463 e. The van der Waals surface area contributed by atoms with E-state index in [0.29, 0.717) is 19.8 Å². The van der Waals surface area contributed by atoms with E-state index in [0.717, 1.165) is 31.3 Å². The van der Waals surface area contributed by atoms with Gasteiger partial charge in [-0.1, -0.05) is 37.7 Å². The predicted molar refractivity (Wildman–Crippen MR) is 91.0 cm³/mol. The van der Waals surface area contributed by atoms with Gasteiger partial charge in [0.2, 0.25) is 0 Å². The van der Waals surface area contributed by atoms with Crippen molar-refractivity contribution in [3.63, 3.8) is 0 Å². The van der Waals surface area contributed by atoms with E-state index in [1.165, 1.54) is 25.3 Å². The first-order chi connectivity index (χ1) is 10.9. The standard InChI is InChI=1S/C14H26O3.C3H7NO2/c1-13(2)12-14(16)17-11-9-7-5-3-4-6-8-10-15;1-2-6-3(4)5/h12,15H,3-11H2,1-2H3;2H2,1H3,(H2,4,5). The summed E-state index contributed by atoms with van der Waals surface area (Å²) in [6.07, 6.45) is 8.49. The zero-order valence-corrected chi connectivity index (χ0v) is 14.8. The summed E-state index contributed by atoms with van der Waals surface area (Å²) in [5, 5.41) is 8.60. The molecule has 0 bridgehead atoms. The summed E-state index contributed by atoms with van der Waals surface area (Å²) in [5.41, 5.74) is 5.51. The normalized spacial score (nSPS) is 9.39. The number of aliphatic hydroxyl groups excluding tert-OH is 1. The Morgan fingerprint density at radius 3 is 1.87 bits per heavy atom. The number of unbranched alkanes of at least 4 members (excludes halogenated alkanes) is 6. The van der Waals surface area contributed by atoms with Crippen molar-refractivity contribution in [2.75, 3.05) is 19.8 Å². The molecule has 0 aliphatic heterocycles. The number of carbonyl (C=O) groups excluding carboxylic acids is 2. The molecule has 0 aliphatic carbocycles. The highest BCUT2D eigenvalue weighted by atomic mass is 16.5. The second-order valence-corrected chi connectivity index (χ2v) is 5.34. The van der Waals surface area contributed by atoms with Crippen molar-refractivity contribution in [2.24, 2.45) is 5.73 Å². The van der Waals surface area contributed by atoms with E-state index in [1.807, 2.05) is 13.8 Å². The van der Waals surface area contributed by atoms with E-state index in [-0.39, 0.29) is 5.97 Å². The topological polar surface area (TPSA) is 98.8 Å². The second kappa shape index (κ2) is 18.5. The van der Waals surface area contributed by atoms with E-state index in [2.05, 4.69) is 10.5 Å². The van der Waals surface area contributed by atoms with Gasteiger partial charge in [0.1, 0.15) is 0 Å². The lowest BCUT2D eigenvalue weighted by molar-refractivity contribution is -0.137. The van der Waals surface area contributed by atoms with Crippen molar-refractivity contribution in [3.8, 4) is 0 Å². The molecule has 0 radical (unpaired) electrons. The number of amides is 1. The fourth-order valence-corrected chi connectivity index (χ4v) is 1.69. The van der Waals surface area contributed by atoms with Crippen LogP contribution in [0.4, 0.5) is 4.79 Å². The van der Waals surface area contributed by atoms with E-state index < -0.39 is 6.09 Å². The lowest BCUT2D eigenvalue weighted by atomic mass is 10.1. The Morgan fingerprint density at radius 2 is 1.48 bits per heavy atom. The number of primary amides is 1. The van der Waals surface area contributed by atoms with Crippen LogP contribution in [0.3, 0.4) is 0 Å². The van der Waals surface area contributed by atoms with E-state index in [1.54, 1.807) is 6.92 Å². The van der Waals surface area contributed by atoms with Gasteiger partial charge in [-0.25, -0.2) is 9.59 Å². The summed E-state index contributed by atoms with van der Waals surface area (Å²) in [5.74, 6) is -0.229. The molecular weight excluding hydrogens is 298 g/mol. The van der Waals surface area contributed by atoms with Crippen molar-refractivity contribution in [3.05, 3.63) is 11.6 Å². The molecule has 0 aromatic carbocycles. The highest BCUT2D eigenvalue weighted by Crippen LogP contribution is 2.07. The molecule has 0 aliphatic rings. The van der Waals surface area contributed by atoms with Crippen molar-refractivity contribution >= 4 is 12.1 Å². The van der Waals surface area contributed by atoms with Gasteiger partial charge in [0.25, 0.3) is 0 Å². The van der Waals surface area contributed by atoms with Gasteiger partial charge in [-0.3, -0.25) is 0 Å². The summed E-state index contributed by atoms with van der Waals surface area (Å²) < 4.78 is 9.23. The molecule has 0 atom stereocenters. The summed E-state index contributed by atoms with van der Waals surface area (Å²) in [6.45, 7) is 6.65. The maximum absolute atomic E-state index is 11.1. The van der Waals surface area contributed by atoms with Crippen molar-refractivity contribution in [1.82, 2.24) is 0 Å². The average Bonchev–Trinajstić information content (AvgIpc) is 2.45. The fourth-order valence-electron chi connectivity index (χ4n) is 1.69. The SMILES string of the molecule is CC(C)=CC(=O)OCCCCCCCCCO.CCOC(N)=O. The minimum Gasteiger partial charge on any atom is -0.463 e. The van der Waals surface area contributed by atoms with Crippen LogP contribution in [0.25, 0.3) is 0 Å². The lowest BCUT2D eigenvalue weighted by Gasteiger charge is -2.03. The molecular formula is C17H33NO5. The Hall–Kier alpha value is -1.56. The van der Waals surface area contributed by atoms with Crippen LogP contribution in [0.15, 0.2) is 11.6 Å². The van der Waals surface area contributed by atoms with Gasteiger partial charge in [0.05, 0.1) is 13.2 Å². The minimum absolute atomic E-state index is 0.229. The number of hydrogen-bond acceptors (Lipinski definition) is 5. The van der Waals surface area contributed by atoms with Gasteiger partial charge in [-0.2, -0.15) is 0 Å². The highest BCUT2D eigenvalue weighted by molar-refractivity contribution is 5.82. The van der Waals surface area contributed by atoms with Gasteiger partial charge >= 0.3 is 12.1 Å². The fraction of sp³-hybridized carbons (Fsp3) is 0.765. The molecule has 0 spiro atoms. The van der Waals surface area contributed by atoms with E-state index in [9.17, 15) is 9.59 Å². The van der Waals surface area contributed by atoms with Crippen LogP contribution in [0, 0.1) is 0 Å². The van der Waals surface area contributed by atoms with Crippen LogP contribution >= 0.6 is 0 Å². The molecule has 0 fully saturated rings. The summed E-state index contributed by atoms with van der Waals surface area (Å²) in [7, 11) is 0. The molecule has 6 heteroatoms. The Labute approximate surface area is 140 Å². The lowest BCUT2D eigenvalue weighted by Crippen LogP contribution is -2.11. The van der Waals surface area contributed by atoms with Gasteiger partial charge in [0, 0.05) is 12.7 Å². The Morgan fingerprint density at radius 1 is 0.957 bits per heavy atom. The third-order valence-electron chi connectivity index (χ3n) is 2.74. The smallest absolute Gasteiger partial charge is 0.404 e. The molecule has 0 heterocycles. The summed E-state index contributed by atoms with van der Waals surface area (Å²) in [4.78, 5) is 20.7. The minimum atomic E-state index is -0.711. The van der Waals surface area contributed by atoms with Gasteiger partial charge in [-0.15, -0.1) is 0 Å². The molecule has 0 rings (SSSR count). The number of hydrogen-bond donors (Lipinski definition) is 2. The maximum Gasteiger partial charge on any atom is 0.404 e. The molecule has 0 aromatic heterocycles. The summed E-state index contributed by atoms with van der Waals surface area (Å²) in [6, 6.07) is 0. The van der Waals surface area contributed by atoms with Crippen molar-refractivity contribution < 1.29 is 24.2 Å². The van der Waals surface area contributed by atoms with Gasteiger partial charge in [0.15, 0.2) is 0 Å².